The van der Waals surface area contributed by atoms with Crippen LogP contribution in [0.1, 0.15) is 19.3 Å². The van der Waals surface area contributed by atoms with Gasteiger partial charge in [-0.25, -0.2) is 0 Å². The Kier molecular flexibility index (Phi) is 7.18. The number of amides is 1. The van der Waals surface area contributed by atoms with E-state index in [0.717, 1.165) is 75.5 Å². The Morgan fingerprint density at radius 2 is 1.76 bits per heavy atom. The molecule has 2 aliphatic heterocycles. The number of benzene rings is 1. The number of methoxy groups -OCH3 is 1. The standard InChI is InChI=1S/C25H33ClN6O2/c1-34-23-7-5-19(26)17-21(23)22-6-8-24(28-27-22)31-11-9-29(10-12-31)18-25(33)32-15-13-30(14-16-32)20-3-2-4-20/h5-8,17,20H,2-4,9-16,18H2,1H3. The molecular formula is C25H33ClN6O2. The molecule has 2 saturated heterocycles. The zero-order valence-corrected chi connectivity index (χ0v) is 20.6. The van der Waals surface area contributed by atoms with E-state index in [4.69, 9.17) is 16.3 Å². The minimum absolute atomic E-state index is 0.265. The molecule has 3 heterocycles. The van der Waals surface area contributed by atoms with E-state index in [-0.39, 0.29) is 5.91 Å². The van der Waals surface area contributed by atoms with Crippen LogP contribution in [0.25, 0.3) is 11.3 Å². The predicted octanol–water partition coefficient (Wildman–Crippen LogP) is 2.62. The number of rotatable bonds is 6. The van der Waals surface area contributed by atoms with Gasteiger partial charge in [0.1, 0.15) is 5.75 Å². The van der Waals surface area contributed by atoms with Gasteiger partial charge in [0, 0.05) is 69.0 Å². The summed E-state index contributed by atoms with van der Waals surface area (Å²) < 4.78 is 5.44. The molecule has 3 fully saturated rings. The first kappa shape index (κ1) is 23.3. The second kappa shape index (κ2) is 10.5. The van der Waals surface area contributed by atoms with Gasteiger partial charge in [-0.15, -0.1) is 10.2 Å². The first-order valence-corrected chi connectivity index (χ1v) is 12.7. The number of halogens is 1. The number of aromatic nitrogens is 2. The van der Waals surface area contributed by atoms with Crippen LogP contribution in [0.3, 0.4) is 0 Å². The van der Waals surface area contributed by atoms with Gasteiger partial charge in [0.25, 0.3) is 0 Å². The number of carbonyl (C=O) groups excluding carboxylic acids is 1. The van der Waals surface area contributed by atoms with Crippen LogP contribution in [0.5, 0.6) is 5.75 Å². The summed E-state index contributed by atoms with van der Waals surface area (Å²) in [7, 11) is 1.63. The lowest BCUT2D eigenvalue weighted by Crippen LogP contribution is -2.56. The fourth-order valence-corrected chi connectivity index (χ4v) is 5.20. The van der Waals surface area contributed by atoms with Gasteiger partial charge in [-0.05, 0) is 43.2 Å². The van der Waals surface area contributed by atoms with Crippen molar-refractivity contribution in [3.63, 3.8) is 0 Å². The Morgan fingerprint density at radius 1 is 1.00 bits per heavy atom. The van der Waals surface area contributed by atoms with Gasteiger partial charge < -0.3 is 14.5 Å². The van der Waals surface area contributed by atoms with E-state index >= 15 is 0 Å². The van der Waals surface area contributed by atoms with Crippen molar-refractivity contribution in [2.24, 2.45) is 0 Å². The fourth-order valence-electron chi connectivity index (χ4n) is 5.03. The number of ether oxygens (including phenoxy) is 1. The monoisotopic (exact) mass is 484 g/mol. The first-order chi connectivity index (χ1) is 16.6. The van der Waals surface area contributed by atoms with Crippen molar-refractivity contribution in [3.05, 3.63) is 35.4 Å². The van der Waals surface area contributed by atoms with Crippen molar-refractivity contribution < 1.29 is 9.53 Å². The molecule has 1 amide bonds. The van der Waals surface area contributed by atoms with Gasteiger partial charge in [-0.1, -0.05) is 18.0 Å². The molecule has 1 aliphatic carbocycles. The van der Waals surface area contributed by atoms with Crippen molar-refractivity contribution in [1.82, 2.24) is 24.9 Å². The van der Waals surface area contributed by atoms with Crippen LogP contribution < -0.4 is 9.64 Å². The molecule has 0 unspecified atom stereocenters. The summed E-state index contributed by atoms with van der Waals surface area (Å²) in [6.45, 7) is 7.66. The second-order valence-corrected chi connectivity index (χ2v) is 9.82. The Morgan fingerprint density at radius 3 is 2.38 bits per heavy atom. The van der Waals surface area contributed by atoms with Crippen molar-refractivity contribution in [1.29, 1.82) is 0 Å². The molecule has 0 N–H and O–H groups in total. The summed E-state index contributed by atoms with van der Waals surface area (Å²) in [4.78, 5) is 21.9. The molecule has 0 atom stereocenters. The number of anilines is 1. The second-order valence-electron chi connectivity index (χ2n) is 9.39. The highest BCUT2D eigenvalue weighted by Gasteiger charge is 2.30. The smallest absolute Gasteiger partial charge is 0.236 e. The van der Waals surface area contributed by atoms with E-state index in [1.54, 1.807) is 13.2 Å². The Balaban J connectivity index is 1.11. The normalized spacial score (nSPS) is 20.3. The van der Waals surface area contributed by atoms with Crippen LogP contribution in [0, 0.1) is 0 Å². The molecule has 1 saturated carbocycles. The third-order valence-corrected chi connectivity index (χ3v) is 7.64. The van der Waals surface area contributed by atoms with Crippen LogP contribution in [0.15, 0.2) is 30.3 Å². The first-order valence-electron chi connectivity index (χ1n) is 12.3. The van der Waals surface area contributed by atoms with E-state index in [1.807, 2.05) is 24.3 Å². The van der Waals surface area contributed by atoms with Crippen LogP contribution in [0.4, 0.5) is 5.82 Å². The average Bonchev–Trinajstić information content (AvgIpc) is 2.84. The van der Waals surface area contributed by atoms with Crippen LogP contribution >= 0.6 is 11.6 Å². The molecule has 0 spiro atoms. The van der Waals surface area contributed by atoms with Gasteiger partial charge in [0.05, 0.1) is 19.3 Å². The highest BCUT2D eigenvalue weighted by atomic mass is 35.5. The van der Waals surface area contributed by atoms with Crippen molar-refractivity contribution in [3.8, 4) is 17.0 Å². The third kappa shape index (κ3) is 5.14. The van der Waals surface area contributed by atoms with Gasteiger partial charge in [0.15, 0.2) is 5.82 Å². The summed E-state index contributed by atoms with van der Waals surface area (Å²) >= 11 is 6.16. The van der Waals surface area contributed by atoms with Crippen molar-refractivity contribution in [2.45, 2.75) is 25.3 Å². The van der Waals surface area contributed by atoms with Gasteiger partial charge in [-0.3, -0.25) is 14.6 Å². The quantitative estimate of drug-likeness (QED) is 0.624. The maximum Gasteiger partial charge on any atom is 0.236 e. The molecule has 0 bridgehead atoms. The fraction of sp³-hybridized carbons (Fsp3) is 0.560. The van der Waals surface area contributed by atoms with Gasteiger partial charge >= 0.3 is 0 Å². The lowest BCUT2D eigenvalue weighted by molar-refractivity contribution is -0.134. The molecule has 8 nitrogen and oxygen atoms in total. The molecule has 1 aromatic carbocycles. The highest BCUT2D eigenvalue weighted by molar-refractivity contribution is 6.30. The Hall–Kier alpha value is -2.42. The molecular weight excluding hydrogens is 452 g/mol. The predicted molar refractivity (Wildman–Crippen MR) is 133 cm³/mol. The summed E-state index contributed by atoms with van der Waals surface area (Å²) in [6, 6.07) is 10.2. The van der Waals surface area contributed by atoms with E-state index in [0.29, 0.717) is 17.3 Å². The molecule has 1 aromatic heterocycles. The van der Waals surface area contributed by atoms with Crippen molar-refractivity contribution in [2.75, 3.05) is 70.9 Å². The molecule has 182 valence electrons. The summed E-state index contributed by atoms with van der Waals surface area (Å²) in [5.41, 5.74) is 1.55. The summed E-state index contributed by atoms with van der Waals surface area (Å²) in [5, 5.41) is 9.51. The topological polar surface area (TPSA) is 65.0 Å². The largest absolute Gasteiger partial charge is 0.496 e. The van der Waals surface area contributed by atoms with E-state index in [9.17, 15) is 4.79 Å². The number of hydrogen-bond donors (Lipinski definition) is 0. The average molecular weight is 485 g/mol. The third-order valence-electron chi connectivity index (χ3n) is 7.40. The van der Waals surface area contributed by atoms with E-state index in [1.165, 1.54) is 19.3 Å². The van der Waals surface area contributed by atoms with Crippen LogP contribution in [-0.4, -0.2) is 103 Å². The summed E-state index contributed by atoms with van der Waals surface area (Å²) in [5.74, 6) is 1.83. The van der Waals surface area contributed by atoms with Crippen LogP contribution in [-0.2, 0) is 4.79 Å². The number of hydrogen-bond acceptors (Lipinski definition) is 7. The van der Waals surface area contributed by atoms with Gasteiger partial charge in [0.2, 0.25) is 5.91 Å². The minimum atomic E-state index is 0.265. The number of nitrogens with zero attached hydrogens (tertiary/aromatic N) is 6. The minimum Gasteiger partial charge on any atom is -0.496 e. The lowest BCUT2D eigenvalue weighted by atomic mass is 9.91. The molecule has 34 heavy (non-hydrogen) atoms. The van der Waals surface area contributed by atoms with E-state index in [2.05, 4.69) is 29.8 Å². The Bertz CT molecular complexity index is 983. The molecule has 9 heteroatoms. The molecule has 2 aromatic rings. The molecule has 0 radical (unpaired) electrons. The van der Waals surface area contributed by atoms with Crippen LogP contribution in [0.2, 0.25) is 5.02 Å². The lowest BCUT2D eigenvalue weighted by Gasteiger charge is -2.43. The SMILES string of the molecule is COc1ccc(Cl)cc1-c1ccc(N2CCN(CC(=O)N3CCN(C4CCC4)CC3)CC2)nn1. The Labute approximate surface area is 206 Å². The number of piperazine rings is 2. The van der Waals surface area contributed by atoms with Gasteiger partial charge in [-0.2, -0.15) is 0 Å². The summed E-state index contributed by atoms with van der Waals surface area (Å²) in [6.07, 6.45) is 4.03. The zero-order chi connectivity index (χ0) is 23.5. The van der Waals surface area contributed by atoms with E-state index < -0.39 is 0 Å². The maximum atomic E-state index is 12.8. The molecule has 5 rings (SSSR count). The maximum absolute atomic E-state index is 12.8. The zero-order valence-electron chi connectivity index (χ0n) is 19.8. The number of carbonyl (C=O) groups is 1. The molecule has 3 aliphatic rings. The highest BCUT2D eigenvalue weighted by Crippen LogP contribution is 2.31. The van der Waals surface area contributed by atoms with Crippen molar-refractivity contribution >= 4 is 23.3 Å².